The number of aliphatic hydroxyl groups excluding tert-OH is 1. The topological polar surface area (TPSA) is 86.3 Å². The van der Waals surface area contributed by atoms with Gasteiger partial charge in [0.05, 0.1) is 11.0 Å². The van der Waals surface area contributed by atoms with E-state index in [9.17, 15) is 13.5 Å². The molecule has 2 aromatic heterocycles. The fourth-order valence-corrected chi connectivity index (χ4v) is 4.32. The van der Waals surface area contributed by atoms with Gasteiger partial charge in [0.1, 0.15) is 5.65 Å². The monoisotopic (exact) mass is 385 g/mol. The second kappa shape index (κ2) is 7.07. The molecule has 0 unspecified atom stereocenters. The molecule has 0 atom stereocenters. The molecule has 7 heteroatoms. The molecule has 0 aliphatic carbocycles. The first-order chi connectivity index (χ1) is 12.9. The van der Waals surface area contributed by atoms with Crippen molar-refractivity contribution in [2.45, 2.75) is 30.4 Å². The molecule has 27 heavy (non-hydrogen) atoms. The van der Waals surface area contributed by atoms with Crippen molar-refractivity contribution in [2.24, 2.45) is 0 Å². The molecule has 6 nitrogen and oxygen atoms in total. The summed E-state index contributed by atoms with van der Waals surface area (Å²) in [6.07, 6.45) is 4.35. The minimum absolute atomic E-state index is 0.200. The summed E-state index contributed by atoms with van der Waals surface area (Å²) < 4.78 is 23.5. The molecule has 1 fully saturated rings. The number of aliphatic hydroxyl groups is 1. The van der Waals surface area contributed by atoms with E-state index in [1.165, 1.54) is 6.26 Å². The Morgan fingerprint density at radius 2 is 1.89 bits per heavy atom. The normalized spacial score (nSPS) is 16.8. The molecule has 142 valence electrons. The van der Waals surface area contributed by atoms with Crippen molar-refractivity contribution >= 4 is 20.9 Å². The molecular weight excluding hydrogens is 362 g/mol. The maximum absolute atomic E-state index is 11.8. The zero-order chi connectivity index (χ0) is 19.0. The number of nitrogens with zero attached hydrogens (tertiary/aromatic N) is 2. The highest BCUT2D eigenvalue weighted by Crippen LogP contribution is 2.33. The molecule has 0 bridgehead atoms. The Morgan fingerprint density at radius 1 is 1.19 bits per heavy atom. The van der Waals surface area contributed by atoms with Crippen molar-refractivity contribution in [3.8, 4) is 11.1 Å². The summed E-state index contributed by atoms with van der Waals surface area (Å²) in [5.74, 6) is 0. The molecule has 0 radical (unpaired) electrons. The van der Waals surface area contributed by atoms with E-state index in [-0.39, 0.29) is 6.10 Å². The molecule has 1 aliphatic heterocycles. The van der Waals surface area contributed by atoms with Gasteiger partial charge in [-0.15, -0.1) is 0 Å². The maximum Gasteiger partial charge on any atom is 0.175 e. The van der Waals surface area contributed by atoms with E-state index in [0.29, 0.717) is 4.90 Å². The quantitative estimate of drug-likeness (QED) is 0.721. The molecule has 0 spiro atoms. The zero-order valence-electron chi connectivity index (χ0n) is 15.2. The van der Waals surface area contributed by atoms with Gasteiger partial charge in [-0.3, -0.25) is 4.90 Å². The minimum atomic E-state index is -3.22. The van der Waals surface area contributed by atoms with Crippen LogP contribution in [0.25, 0.3) is 22.2 Å². The number of rotatable bonds is 4. The third kappa shape index (κ3) is 3.76. The van der Waals surface area contributed by atoms with Gasteiger partial charge in [-0.05, 0) is 42.7 Å². The third-order valence-electron chi connectivity index (χ3n) is 5.16. The Bertz CT molecular complexity index is 1050. The molecular formula is C20H23N3O3S. The maximum atomic E-state index is 11.8. The van der Waals surface area contributed by atoms with Gasteiger partial charge in [-0.25, -0.2) is 13.4 Å². The lowest BCUT2D eigenvalue weighted by Gasteiger charge is -2.29. The smallest absolute Gasteiger partial charge is 0.175 e. The largest absolute Gasteiger partial charge is 0.393 e. The first-order valence-electron chi connectivity index (χ1n) is 9.08. The Kier molecular flexibility index (Phi) is 4.75. The lowest BCUT2D eigenvalue weighted by molar-refractivity contribution is 0.0788. The molecule has 1 saturated heterocycles. The van der Waals surface area contributed by atoms with E-state index in [1.54, 1.807) is 18.3 Å². The third-order valence-corrected chi connectivity index (χ3v) is 6.29. The molecule has 4 rings (SSSR count). The van der Waals surface area contributed by atoms with Gasteiger partial charge in [-0.2, -0.15) is 0 Å². The summed E-state index contributed by atoms with van der Waals surface area (Å²) in [7, 11) is -3.22. The fourth-order valence-electron chi connectivity index (χ4n) is 3.69. The molecule has 0 saturated carbocycles. The average molecular weight is 385 g/mol. The van der Waals surface area contributed by atoms with E-state index in [1.807, 2.05) is 24.3 Å². The van der Waals surface area contributed by atoms with Crippen LogP contribution in [-0.4, -0.2) is 53.8 Å². The second-order valence-electron chi connectivity index (χ2n) is 7.18. The predicted molar refractivity (Wildman–Crippen MR) is 105 cm³/mol. The van der Waals surface area contributed by atoms with Gasteiger partial charge < -0.3 is 10.1 Å². The summed E-state index contributed by atoms with van der Waals surface area (Å²) >= 11 is 0. The van der Waals surface area contributed by atoms with Gasteiger partial charge in [0.25, 0.3) is 0 Å². The number of hydrogen-bond acceptors (Lipinski definition) is 5. The molecule has 3 heterocycles. The molecule has 1 aliphatic rings. The van der Waals surface area contributed by atoms with Crippen LogP contribution in [0.5, 0.6) is 0 Å². The Hall–Kier alpha value is -2.22. The minimum Gasteiger partial charge on any atom is -0.393 e. The number of piperidine rings is 1. The Balaban J connectivity index is 1.74. The van der Waals surface area contributed by atoms with Crippen LogP contribution in [0.3, 0.4) is 0 Å². The Labute approximate surface area is 158 Å². The number of nitrogens with one attached hydrogen (secondary N) is 1. The number of likely N-dealkylation sites (tertiary alicyclic amines) is 1. The van der Waals surface area contributed by atoms with Gasteiger partial charge in [0.15, 0.2) is 9.84 Å². The molecule has 2 N–H and O–H groups in total. The van der Waals surface area contributed by atoms with Crippen LogP contribution >= 0.6 is 0 Å². The molecule has 1 aromatic carbocycles. The number of aromatic nitrogens is 2. The Morgan fingerprint density at radius 3 is 2.56 bits per heavy atom. The lowest BCUT2D eigenvalue weighted by atomic mass is 10.0. The van der Waals surface area contributed by atoms with Crippen LogP contribution in [0, 0.1) is 0 Å². The van der Waals surface area contributed by atoms with Crippen molar-refractivity contribution in [3.63, 3.8) is 0 Å². The van der Waals surface area contributed by atoms with Crippen LogP contribution in [0.4, 0.5) is 0 Å². The van der Waals surface area contributed by atoms with Crippen LogP contribution in [0.1, 0.15) is 18.5 Å². The van der Waals surface area contributed by atoms with Crippen LogP contribution in [0.2, 0.25) is 0 Å². The number of sulfone groups is 1. The highest BCUT2D eigenvalue weighted by molar-refractivity contribution is 7.90. The van der Waals surface area contributed by atoms with Gasteiger partial charge in [0, 0.05) is 48.7 Å². The van der Waals surface area contributed by atoms with Gasteiger partial charge in [-0.1, -0.05) is 12.1 Å². The van der Waals surface area contributed by atoms with Crippen molar-refractivity contribution in [1.29, 1.82) is 0 Å². The second-order valence-corrected chi connectivity index (χ2v) is 9.20. The van der Waals surface area contributed by atoms with Crippen molar-refractivity contribution < 1.29 is 13.5 Å². The number of hydrogen-bond donors (Lipinski definition) is 2. The fraction of sp³-hybridized carbons (Fsp3) is 0.350. The number of fused-ring (bicyclic) bond motifs is 1. The zero-order valence-corrected chi connectivity index (χ0v) is 16.0. The summed E-state index contributed by atoms with van der Waals surface area (Å²) in [6, 6.07) is 11.0. The standard InChI is InChI=1S/C20H23N3O3S/c1-27(25,26)16-6-4-14(5-7-16)19-17-3-2-10-21-20(17)22-18(19)13-23-11-8-15(24)9-12-23/h2-7,10,15,24H,8-9,11-13H2,1H3,(H,21,22). The number of aromatic amines is 1. The lowest BCUT2D eigenvalue weighted by Crippen LogP contribution is -2.35. The van der Waals surface area contributed by atoms with E-state index >= 15 is 0 Å². The van der Waals surface area contributed by atoms with Crippen LogP contribution < -0.4 is 0 Å². The number of H-pyrrole nitrogens is 1. The van der Waals surface area contributed by atoms with Crippen molar-refractivity contribution in [1.82, 2.24) is 14.9 Å². The highest BCUT2D eigenvalue weighted by Gasteiger charge is 2.21. The predicted octanol–water partition coefficient (Wildman–Crippen LogP) is 2.59. The van der Waals surface area contributed by atoms with E-state index in [4.69, 9.17) is 0 Å². The molecule has 3 aromatic rings. The molecule has 0 amide bonds. The average Bonchev–Trinajstić information content (AvgIpc) is 3.01. The summed E-state index contributed by atoms with van der Waals surface area (Å²) in [5, 5.41) is 10.8. The van der Waals surface area contributed by atoms with Crippen molar-refractivity contribution in [2.75, 3.05) is 19.3 Å². The SMILES string of the molecule is CS(=O)(=O)c1ccc(-c2c(CN3CCC(O)CC3)[nH]c3ncccc23)cc1. The van der Waals surface area contributed by atoms with Crippen LogP contribution in [0.15, 0.2) is 47.5 Å². The van der Waals surface area contributed by atoms with Crippen molar-refractivity contribution in [3.05, 3.63) is 48.3 Å². The van der Waals surface area contributed by atoms with Gasteiger partial charge >= 0.3 is 0 Å². The highest BCUT2D eigenvalue weighted by atomic mass is 32.2. The first-order valence-corrected chi connectivity index (χ1v) is 11.0. The first kappa shape index (κ1) is 18.2. The summed E-state index contributed by atoms with van der Waals surface area (Å²) in [6.45, 7) is 2.46. The van der Waals surface area contributed by atoms with E-state index < -0.39 is 9.84 Å². The number of pyridine rings is 1. The summed E-state index contributed by atoms with van der Waals surface area (Å²) in [5.41, 5.74) is 3.91. The van der Waals surface area contributed by atoms with E-state index in [2.05, 4.69) is 14.9 Å². The summed E-state index contributed by atoms with van der Waals surface area (Å²) in [4.78, 5) is 10.5. The van der Waals surface area contributed by atoms with Gasteiger partial charge in [0.2, 0.25) is 0 Å². The van der Waals surface area contributed by atoms with E-state index in [0.717, 1.165) is 60.3 Å². The number of benzene rings is 1. The van der Waals surface area contributed by atoms with Crippen LogP contribution in [-0.2, 0) is 16.4 Å².